The lowest BCUT2D eigenvalue weighted by Crippen LogP contribution is -2.44. The van der Waals surface area contributed by atoms with E-state index in [2.05, 4.69) is 15.8 Å². The molecule has 2 heterocycles. The molecule has 2 aliphatic heterocycles. The van der Waals surface area contributed by atoms with E-state index in [9.17, 15) is 0 Å². The largest absolute Gasteiger partial charge is 0.315 e. The Morgan fingerprint density at radius 3 is 3.44 bits per heavy atom. The van der Waals surface area contributed by atoms with Crippen molar-refractivity contribution < 1.29 is 0 Å². The van der Waals surface area contributed by atoms with E-state index in [-0.39, 0.29) is 0 Å². The first kappa shape index (κ1) is 5.23. The number of fused-ring (bicyclic) bond motifs is 1. The number of hydrazone groups is 1. The Labute approximate surface area is 54.5 Å². The van der Waals surface area contributed by atoms with Crippen molar-refractivity contribution in [3.05, 3.63) is 0 Å². The molecular weight excluding hydrogens is 114 g/mol. The van der Waals surface area contributed by atoms with Gasteiger partial charge in [0.1, 0.15) is 0 Å². The fourth-order valence-electron chi connectivity index (χ4n) is 1.43. The molecule has 3 heteroatoms. The molecule has 2 rings (SSSR count). The Morgan fingerprint density at radius 1 is 1.56 bits per heavy atom. The van der Waals surface area contributed by atoms with Crippen LogP contribution in [0, 0.1) is 5.92 Å². The molecule has 0 aromatic heterocycles. The van der Waals surface area contributed by atoms with Crippen LogP contribution in [0.2, 0.25) is 0 Å². The van der Waals surface area contributed by atoms with Gasteiger partial charge in [-0.25, -0.2) is 0 Å². The predicted octanol–water partition coefficient (Wildman–Crippen LogP) is -0.447. The summed E-state index contributed by atoms with van der Waals surface area (Å²) in [5.74, 6) is 0.700. The second kappa shape index (κ2) is 1.99. The van der Waals surface area contributed by atoms with Crippen molar-refractivity contribution in [1.82, 2.24) is 10.7 Å². The molecule has 1 fully saturated rings. The fraction of sp³-hybridized carbons (Fsp3) is 0.833. The van der Waals surface area contributed by atoms with Crippen molar-refractivity contribution in [3.8, 4) is 0 Å². The zero-order chi connectivity index (χ0) is 6.10. The average molecular weight is 125 g/mol. The monoisotopic (exact) mass is 125 g/mol. The molecular formula is C6H11N3. The minimum Gasteiger partial charge on any atom is -0.315 e. The van der Waals surface area contributed by atoms with E-state index in [4.69, 9.17) is 0 Å². The van der Waals surface area contributed by atoms with Crippen LogP contribution in [0.3, 0.4) is 0 Å². The van der Waals surface area contributed by atoms with Gasteiger partial charge in [0.2, 0.25) is 0 Å². The van der Waals surface area contributed by atoms with E-state index in [1.165, 1.54) is 6.42 Å². The molecule has 0 saturated carbocycles. The van der Waals surface area contributed by atoms with Crippen molar-refractivity contribution in [2.24, 2.45) is 11.0 Å². The Balaban J connectivity index is 2.03. The molecule has 0 amide bonds. The second-order valence-corrected chi connectivity index (χ2v) is 2.67. The van der Waals surface area contributed by atoms with Gasteiger partial charge in [-0.2, -0.15) is 5.10 Å². The third-order valence-corrected chi connectivity index (χ3v) is 2.04. The molecule has 0 aromatic rings. The van der Waals surface area contributed by atoms with Gasteiger partial charge in [-0.1, -0.05) is 0 Å². The minimum atomic E-state index is 0.582. The molecule has 2 atom stereocenters. The Morgan fingerprint density at radius 2 is 2.56 bits per heavy atom. The zero-order valence-corrected chi connectivity index (χ0v) is 5.30. The van der Waals surface area contributed by atoms with Crippen molar-refractivity contribution in [2.75, 3.05) is 13.1 Å². The van der Waals surface area contributed by atoms with Crippen LogP contribution in [0.5, 0.6) is 0 Å². The molecule has 0 spiro atoms. The van der Waals surface area contributed by atoms with Crippen LogP contribution in [-0.4, -0.2) is 25.3 Å². The molecule has 2 aliphatic rings. The maximum atomic E-state index is 4.01. The summed E-state index contributed by atoms with van der Waals surface area (Å²) in [5.41, 5.74) is 3.07. The highest BCUT2D eigenvalue weighted by Gasteiger charge is 2.25. The van der Waals surface area contributed by atoms with Crippen LogP contribution in [0.25, 0.3) is 0 Å². The number of nitrogens with zero attached hydrogens (tertiary/aromatic N) is 1. The van der Waals surface area contributed by atoms with Crippen LogP contribution < -0.4 is 10.7 Å². The Bertz CT molecular complexity index is 132. The normalized spacial score (nSPS) is 40.0. The van der Waals surface area contributed by atoms with Crippen molar-refractivity contribution in [1.29, 1.82) is 0 Å². The summed E-state index contributed by atoms with van der Waals surface area (Å²) in [6.07, 6.45) is 3.27. The van der Waals surface area contributed by atoms with E-state index in [1.54, 1.807) is 0 Å². The highest BCUT2D eigenvalue weighted by atomic mass is 15.3. The molecule has 1 saturated heterocycles. The lowest BCUT2D eigenvalue weighted by molar-refractivity contribution is 0.373. The molecule has 0 radical (unpaired) electrons. The fourth-order valence-corrected chi connectivity index (χ4v) is 1.43. The predicted molar refractivity (Wildman–Crippen MR) is 36.4 cm³/mol. The zero-order valence-electron chi connectivity index (χ0n) is 5.30. The van der Waals surface area contributed by atoms with Gasteiger partial charge in [-0.3, -0.25) is 0 Å². The summed E-state index contributed by atoms with van der Waals surface area (Å²) in [7, 11) is 0. The van der Waals surface area contributed by atoms with Gasteiger partial charge >= 0.3 is 0 Å². The molecule has 0 bridgehead atoms. The van der Waals surface area contributed by atoms with Gasteiger partial charge in [0.25, 0.3) is 0 Å². The highest BCUT2D eigenvalue weighted by molar-refractivity contribution is 5.63. The standard InChI is InChI=1S/C6H11N3/c1-2-7-4-6-5(1)3-8-9-6/h3,5-7,9H,1-2,4H2. The molecule has 0 aliphatic carbocycles. The highest BCUT2D eigenvalue weighted by Crippen LogP contribution is 2.13. The summed E-state index contributed by atoms with van der Waals surface area (Å²) < 4.78 is 0. The van der Waals surface area contributed by atoms with Crippen LogP contribution >= 0.6 is 0 Å². The minimum absolute atomic E-state index is 0.582. The summed E-state index contributed by atoms with van der Waals surface area (Å²) in [6, 6.07) is 0.582. The van der Waals surface area contributed by atoms with Gasteiger partial charge in [0.15, 0.2) is 0 Å². The molecule has 0 aromatic carbocycles. The topological polar surface area (TPSA) is 36.4 Å². The van der Waals surface area contributed by atoms with Crippen molar-refractivity contribution in [2.45, 2.75) is 12.5 Å². The van der Waals surface area contributed by atoms with Gasteiger partial charge in [0.05, 0.1) is 6.04 Å². The first-order valence-corrected chi connectivity index (χ1v) is 3.46. The van der Waals surface area contributed by atoms with Crippen LogP contribution in [0.4, 0.5) is 0 Å². The second-order valence-electron chi connectivity index (χ2n) is 2.67. The maximum absolute atomic E-state index is 4.01. The molecule has 3 nitrogen and oxygen atoms in total. The third kappa shape index (κ3) is 0.812. The van der Waals surface area contributed by atoms with Gasteiger partial charge in [0, 0.05) is 18.7 Å². The smallest absolute Gasteiger partial charge is 0.0643 e. The maximum Gasteiger partial charge on any atom is 0.0643 e. The first-order chi connectivity index (χ1) is 4.47. The Kier molecular flexibility index (Phi) is 1.16. The number of hydrogen-bond acceptors (Lipinski definition) is 3. The van der Waals surface area contributed by atoms with Crippen molar-refractivity contribution in [3.63, 3.8) is 0 Å². The van der Waals surface area contributed by atoms with Gasteiger partial charge in [-0.15, -0.1) is 0 Å². The first-order valence-electron chi connectivity index (χ1n) is 3.46. The SMILES string of the molecule is C1=NNC2CNCCC12. The summed E-state index contributed by atoms with van der Waals surface area (Å²) >= 11 is 0. The van der Waals surface area contributed by atoms with E-state index in [0.29, 0.717) is 12.0 Å². The van der Waals surface area contributed by atoms with E-state index < -0.39 is 0 Å². The van der Waals surface area contributed by atoms with E-state index >= 15 is 0 Å². The number of hydrogen-bond donors (Lipinski definition) is 2. The molecule has 50 valence electrons. The number of rotatable bonds is 0. The van der Waals surface area contributed by atoms with Crippen LogP contribution in [-0.2, 0) is 0 Å². The van der Waals surface area contributed by atoms with Gasteiger partial charge < -0.3 is 10.7 Å². The average Bonchev–Trinajstić information content (AvgIpc) is 2.33. The summed E-state index contributed by atoms with van der Waals surface area (Å²) in [5, 5.41) is 7.33. The molecule has 2 N–H and O–H groups in total. The number of piperidine rings is 1. The lowest BCUT2D eigenvalue weighted by atomic mass is 9.96. The number of nitrogens with one attached hydrogen (secondary N) is 2. The summed E-state index contributed by atoms with van der Waals surface area (Å²) in [4.78, 5) is 0. The lowest BCUT2D eigenvalue weighted by Gasteiger charge is -2.23. The van der Waals surface area contributed by atoms with Gasteiger partial charge in [-0.05, 0) is 13.0 Å². The quantitative estimate of drug-likeness (QED) is 0.460. The van der Waals surface area contributed by atoms with E-state index in [1.807, 2.05) is 6.21 Å². The van der Waals surface area contributed by atoms with Crippen LogP contribution in [0.1, 0.15) is 6.42 Å². The van der Waals surface area contributed by atoms with Crippen LogP contribution in [0.15, 0.2) is 5.10 Å². The molecule has 9 heavy (non-hydrogen) atoms. The summed E-state index contributed by atoms with van der Waals surface area (Å²) in [6.45, 7) is 2.22. The van der Waals surface area contributed by atoms with Crippen molar-refractivity contribution >= 4 is 6.21 Å². The van der Waals surface area contributed by atoms with E-state index in [0.717, 1.165) is 13.1 Å². The molecule has 2 unspecified atom stereocenters. The third-order valence-electron chi connectivity index (χ3n) is 2.04. The Hall–Kier alpha value is -0.570.